The Morgan fingerprint density at radius 3 is 2.61 bits per heavy atom. The van der Waals surface area contributed by atoms with Crippen molar-refractivity contribution in [1.29, 1.82) is 0 Å². The van der Waals surface area contributed by atoms with E-state index in [0.29, 0.717) is 6.61 Å². The summed E-state index contributed by atoms with van der Waals surface area (Å²) < 4.78 is 5.98. The zero-order chi connectivity index (χ0) is 15.2. The minimum absolute atomic E-state index is 0.602. The highest BCUT2D eigenvalue weighted by Crippen LogP contribution is 2.45. The molecule has 1 aromatic heterocycles. The third-order valence-corrected chi connectivity index (χ3v) is 5.28. The highest BCUT2D eigenvalue weighted by atomic mass is 32.1. The second-order valence-corrected chi connectivity index (χ2v) is 6.69. The maximum atomic E-state index is 5.98. The Bertz CT molecular complexity index is 1020. The van der Waals surface area contributed by atoms with E-state index in [4.69, 9.17) is 9.72 Å². The van der Waals surface area contributed by atoms with Crippen LogP contribution < -0.4 is 4.74 Å². The molecule has 2 heterocycles. The van der Waals surface area contributed by atoms with Gasteiger partial charge in [-0.2, -0.15) is 0 Å². The van der Waals surface area contributed by atoms with E-state index in [2.05, 4.69) is 60.7 Å². The molecule has 0 unspecified atom stereocenters. The van der Waals surface area contributed by atoms with Crippen LogP contribution in [0.3, 0.4) is 0 Å². The van der Waals surface area contributed by atoms with Gasteiger partial charge in [-0.3, -0.25) is 0 Å². The van der Waals surface area contributed by atoms with E-state index in [1.165, 1.54) is 15.6 Å². The first-order chi connectivity index (χ1) is 11.4. The number of ether oxygens (including phenoxy) is 1. The maximum Gasteiger partial charge on any atom is 0.129 e. The third kappa shape index (κ3) is 1.97. The minimum atomic E-state index is 0.602. The number of hydrogen-bond donors (Lipinski definition) is 0. The highest BCUT2D eigenvalue weighted by molar-refractivity contribution is 7.15. The van der Waals surface area contributed by atoms with Gasteiger partial charge in [0, 0.05) is 5.56 Å². The molecular weight excluding hydrogens is 302 g/mol. The fourth-order valence-corrected chi connectivity index (χ4v) is 4.09. The lowest BCUT2D eigenvalue weighted by atomic mass is 9.99. The largest absolute Gasteiger partial charge is 0.487 e. The molecule has 0 saturated heterocycles. The summed E-state index contributed by atoms with van der Waals surface area (Å²) in [5, 5.41) is 3.48. The molecular formula is C20H13NOS. The summed E-state index contributed by atoms with van der Waals surface area (Å²) in [6.45, 7) is 0.602. The number of hydrogen-bond acceptors (Lipinski definition) is 3. The van der Waals surface area contributed by atoms with Crippen LogP contribution in [-0.2, 0) is 6.61 Å². The Labute approximate surface area is 138 Å². The summed E-state index contributed by atoms with van der Waals surface area (Å²) in [7, 11) is 0. The van der Waals surface area contributed by atoms with Crippen molar-refractivity contribution in [1.82, 2.24) is 4.98 Å². The summed E-state index contributed by atoms with van der Waals surface area (Å²) in [6.07, 6.45) is 0. The lowest BCUT2D eigenvalue weighted by Gasteiger charge is -2.18. The fraction of sp³-hybridized carbons (Fsp3) is 0.0500. The predicted octanol–water partition coefficient (Wildman–Crippen LogP) is 5.52. The van der Waals surface area contributed by atoms with Gasteiger partial charge in [0.2, 0.25) is 0 Å². The zero-order valence-corrected chi connectivity index (χ0v) is 13.1. The quantitative estimate of drug-likeness (QED) is 0.461. The zero-order valence-electron chi connectivity index (χ0n) is 12.3. The van der Waals surface area contributed by atoms with Gasteiger partial charge < -0.3 is 4.74 Å². The van der Waals surface area contributed by atoms with Crippen molar-refractivity contribution in [2.24, 2.45) is 0 Å². The molecule has 0 aliphatic carbocycles. The van der Waals surface area contributed by atoms with Crippen LogP contribution in [0.2, 0.25) is 0 Å². The van der Waals surface area contributed by atoms with Crippen molar-refractivity contribution in [2.45, 2.75) is 6.61 Å². The lowest BCUT2D eigenvalue weighted by Crippen LogP contribution is -2.03. The molecule has 0 atom stereocenters. The van der Waals surface area contributed by atoms with E-state index in [0.717, 1.165) is 27.6 Å². The average Bonchev–Trinajstić information content (AvgIpc) is 3.06. The van der Waals surface area contributed by atoms with Crippen molar-refractivity contribution in [3.63, 3.8) is 0 Å². The minimum Gasteiger partial charge on any atom is -0.487 e. The van der Waals surface area contributed by atoms with Gasteiger partial charge >= 0.3 is 0 Å². The van der Waals surface area contributed by atoms with E-state index in [-0.39, 0.29) is 0 Å². The number of benzene rings is 3. The van der Waals surface area contributed by atoms with Crippen molar-refractivity contribution in [3.05, 3.63) is 71.6 Å². The molecule has 0 saturated carbocycles. The van der Waals surface area contributed by atoms with Crippen LogP contribution in [0.15, 0.2) is 66.7 Å². The molecule has 0 N–H and O–H groups in total. The molecule has 0 fully saturated rings. The third-order valence-electron chi connectivity index (χ3n) is 4.20. The van der Waals surface area contributed by atoms with Gasteiger partial charge in [0.1, 0.15) is 17.4 Å². The predicted molar refractivity (Wildman–Crippen MR) is 94.8 cm³/mol. The fourth-order valence-electron chi connectivity index (χ4n) is 3.11. The summed E-state index contributed by atoms with van der Waals surface area (Å²) in [5.74, 6) is 0.932. The number of fused-ring (bicyclic) bond motifs is 5. The second kappa shape index (κ2) is 4.93. The lowest BCUT2D eigenvalue weighted by molar-refractivity contribution is 0.306. The van der Waals surface area contributed by atoms with Crippen LogP contribution in [0.25, 0.3) is 32.6 Å². The van der Waals surface area contributed by atoms with E-state index in [1.54, 1.807) is 11.3 Å². The number of rotatable bonds is 1. The standard InChI is InChI=1S/C20H13NOS/c1-2-7-14(8-3-1)20-21-19-17(23-20)12-22-16-11-10-13-6-4-5-9-15(13)18(16)19/h1-11H,12H2. The Balaban J connectivity index is 1.78. The molecule has 3 heteroatoms. The molecule has 3 aromatic carbocycles. The second-order valence-electron chi connectivity index (χ2n) is 5.61. The maximum absolute atomic E-state index is 5.98. The van der Waals surface area contributed by atoms with Gasteiger partial charge in [-0.25, -0.2) is 4.98 Å². The smallest absolute Gasteiger partial charge is 0.129 e. The Morgan fingerprint density at radius 1 is 0.870 bits per heavy atom. The van der Waals surface area contributed by atoms with Crippen LogP contribution in [0.1, 0.15) is 4.88 Å². The van der Waals surface area contributed by atoms with Crippen molar-refractivity contribution < 1.29 is 4.74 Å². The molecule has 1 aliphatic rings. The van der Waals surface area contributed by atoms with Crippen molar-refractivity contribution >= 4 is 22.1 Å². The normalized spacial score (nSPS) is 12.5. The van der Waals surface area contributed by atoms with E-state index in [9.17, 15) is 0 Å². The molecule has 1 aliphatic heterocycles. The molecule has 0 radical (unpaired) electrons. The van der Waals surface area contributed by atoms with E-state index < -0.39 is 0 Å². The van der Waals surface area contributed by atoms with Crippen LogP contribution in [0.5, 0.6) is 5.75 Å². The number of aromatic nitrogens is 1. The van der Waals surface area contributed by atoms with Gasteiger partial charge in [-0.15, -0.1) is 11.3 Å². The van der Waals surface area contributed by atoms with Gasteiger partial charge in [0.05, 0.1) is 16.1 Å². The first kappa shape index (κ1) is 12.9. The molecule has 5 rings (SSSR count). The molecule has 110 valence electrons. The van der Waals surface area contributed by atoms with E-state index >= 15 is 0 Å². The number of thiazole rings is 1. The van der Waals surface area contributed by atoms with Gasteiger partial charge in [0.25, 0.3) is 0 Å². The topological polar surface area (TPSA) is 22.1 Å². The van der Waals surface area contributed by atoms with Crippen LogP contribution in [-0.4, -0.2) is 4.98 Å². The molecule has 0 bridgehead atoms. The average molecular weight is 315 g/mol. The van der Waals surface area contributed by atoms with Crippen LogP contribution in [0.4, 0.5) is 0 Å². The van der Waals surface area contributed by atoms with Crippen molar-refractivity contribution in [2.75, 3.05) is 0 Å². The summed E-state index contributed by atoms with van der Waals surface area (Å²) in [6, 6.07) is 22.9. The van der Waals surface area contributed by atoms with Gasteiger partial charge in [-0.05, 0) is 16.8 Å². The van der Waals surface area contributed by atoms with E-state index in [1.807, 2.05) is 6.07 Å². The Hall–Kier alpha value is -2.65. The summed E-state index contributed by atoms with van der Waals surface area (Å²) >= 11 is 1.72. The summed E-state index contributed by atoms with van der Waals surface area (Å²) in [4.78, 5) is 6.15. The summed E-state index contributed by atoms with van der Waals surface area (Å²) in [5.41, 5.74) is 3.36. The SMILES string of the molecule is c1ccc(-c2nc3c(s2)COc2ccc4ccccc4c2-3)cc1. The van der Waals surface area contributed by atoms with Crippen molar-refractivity contribution in [3.8, 4) is 27.6 Å². The molecule has 2 nitrogen and oxygen atoms in total. The molecule has 23 heavy (non-hydrogen) atoms. The van der Waals surface area contributed by atoms with Gasteiger partial charge in [-0.1, -0.05) is 60.7 Å². The molecule has 0 spiro atoms. The first-order valence-corrected chi connectivity index (χ1v) is 8.42. The molecule has 4 aromatic rings. The monoisotopic (exact) mass is 315 g/mol. The highest BCUT2D eigenvalue weighted by Gasteiger charge is 2.24. The Kier molecular flexibility index (Phi) is 2.76. The van der Waals surface area contributed by atoms with Crippen LogP contribution >= 0.6 is 11.3 Å². The van der Waals surface area contributed by atoms with Gasteiger partial charge in [0.15, 0.2) is 0 Å². The molecule has 0 amide bonds. The Morgan fingerprint density at radius 2 is 1.70 bits per heavy atom. The first-order valence-electron chi connectivity index (χ1n) is 7.60. The number of nitrogens with zero attached hydrogens (tertiary/aromatic N) is 1. The van der Waals surface area contributed by atoms with Crippen LogP contribution in [0, 0.1) is 0 Å².